The molecule has 0 saturated heterocycles. The number of nitrogens with zero attached hydrogens (tertiary/aromatic N) is 2. The van der Waals surface area contributed by atoms with Crippen molar-refractivity contribution in [2.24, 2.45) is 0 Å². The molecule has 1 unspecified atom stereocenters. The van der Waals surface area contributed by atoms with Crippen LogP contribution in [0, 0.1) is 13.8 Å². The minimum absolute atomic E-state index is 0.603. The molecule has 4 nitrogen and oxygen atoms in total. The van der Waals surface area contributed by atoms with Crippen molar-refractivity contribution >= 4 is 5.65 Å². The van der Waals surface area contributed by atoms with Gasteiger partial charge in [-0.3, -0.25) is 0 Å². The van der Waals surface area contributed by atoms with Crippen molar-refractivity contribution in [1.29, 1.82) is 0 Å². The van der Waals surface area contributed by atoms with Crippen LogP contribution in [0.1, 0.15) is 29.8 Å². The Bertz CT molecular complexity index is 834. The monoisotopic (exact) mass is 296 g/mol. The maximum Gasteiger partial charge on any atom is 0.137 e. The Balaban J connectivity index is 2.26. The van der Waals surface area contributed by atoms with E-state index in [1.54, 1.807) is 14.0 Å². The van der Waals surface area contributed by atoms with Crippen LogP contribution >= 0.6 is 0 Å². The molecule has 1 atom stereocenters. The second-order valence-electron chi connectivity index (χ2n) is 5.64. The summed E-state index contributed by atoms with van der Waals surface area (Å²) in [6.07, 6.45) is 1.40. The molecule has 114 valence electrons. The highest BCUT2D eigenvalue weighted by Crippen LogP contribution is 2.31. The first-order valence-corrected chi connectivity index (χ1v) is 7.33. The summed E-state index contributed by atoms with van der Waals surface area (Å²) in [6.45, 7) is 5.80. The molecular formula is C18H20N2O2. The van der Waals surface area contributed by atoms with Gasteiger partial charge in [-0.2, -0.15) is 0 Å². The summed E-state index contributed by atoms with van der Waals surface area (Å²) < 4.78 is 7.28. The number of aryl methyl sites for hydroxylation is 2. The van der Waals surface area contributed by atoms with Gasteiger partial charge in [-0.25, -0.2) is 4.98 Å². The van der Waals surface area contributed by atoms with E-state index in [9.17, 15) is 5.11 Å². The summed E-state index contributed by atoms with van der Waals surface area (Å²) in [5, 5.41) is 10.2. The molecule has 2 heterocycles. The number of fused-ring (bicyclic) bond motifs is 1. The van der Waals surface area contributed by atoms with Gasteiger partial charge < -0.3 is 14.2 Å². The number of hydrogen-bond donors (Lipinski definition) is 1. The summed E-state index contributed by atoms with van der Waals surface area (Å²) in [5.41, 5.74) is 5.61. The van der Waals surface area contributed by atoms with Crippen LogP contribution in [-0.4, -0.2) is 21.6 Å². The van der Waals surface area contributed by atoms with Gasteiger partial charge in [0.15, 0.2) is 0 Å². The number of pyridine rings is 1. The first-order valence-electron chi connectivity index (χ1n) is 7.33. The van der Waals surface area contributed by atoms with Gasteiger partial charge in [0.1, 0.15) is 11.4 Å². The average Bonchev–Trinajstić information content (AvgIpc) is 2.85. The fourth-order valence-corrected chi connectivity index (χ4v) is 2.81. The second-order valence-corrected chi connectivity index (χ2v) is 5.64. The summed E-state index contributed by atoms with van der Waals surface area (Å²) >= 11 is 0. The molecule has 0 radical (unpaired) electrons. The van der Waals surface area contributed by atoms with Gasteiger partial charge >= 0.3 is 0 Å². The number of rotatable bonds is 3. The fraction of sp³-hybridized carbons (Fsp3) is 0.278. The molecule has 0 fully saturated rings. The largest absolute Gasteiger partial charge is 0.496 e. The molecule has 0 aliphatic heterocycles. The molecule has 0 spiro atoms. The van der Waals surface area contributed by atoms with Crippen molar-refractivity contribution in [2.45, 2.75) is 26.9 Å². The molecule has 0 bridgehead atoms. The number of benzene rings is 1. The van der Waals surface area contributed by atoms with Crippen LogP contribution in [0.15, 0.2) is 36.5 Å². The number of methoxy groups -OCH3 is 1. The van der Waals surface area contributed by atoms with Crippen molar-refractivity contribution in [3.63, 3.8) is 0 Å². The Morgan fingerprint density at radius 1 is 1.18 bits per heavy atom. The van der Waals surface area contributed by atoms with Crippen molar-refractivity contribution < 1.29 is 9.84 Å². The van der Waals surface area contributed by atoms with E-state index in [4.69, 9.17) is 9.72 Å². The zero-order chi connectivity index (χ0) is 15.9. The van der Waals surface area contributed by atoms with Crippen LogP contribution < -0.4 is 4.74 Å². The van der Waals surface area contributed by atoms with Gasteiger partial charge in [-0.05, 0) is 56.2 Å². The lowest BCUT2D eigenvalue weighted by molar-refractivity contribution is 0.194. The zero-order valence-electron chi connectivity index (χ0n) is 13.3. The van der Waals surface area contributed by atoms with Crippen LogP contribution in [0.2, 0.25) is 0 Å². The van der Waals surface area contributed by atoms with Gasteiger partial charge in [0.05, 0.1) is 24.6 Å². The molecule has 1 N–H and O–H groups in total. The second kappa shape index (κ2) is 5.46. The molecule has 1 aromatic carbocycles. The predicted octanol–water partition coefficient (Wildman–Crippen LogP) is 3.68. The molecule has 22 heavy (non-hydrogen) atoms. The van der Waals surface area contributed by atoms with Gasteiger partial charge in [0.2, 0.25) is 0 Å². The SMILES string of the molecule is COc1ccc(-c2nc3ccc(C)cn3c2C(C)O)cc1C. The molecule has 2 aromatic heterocycles. The summed E-state index contributed by atoms with van der Waals surface area (Å²) in [4.78, 5) is 4.70. The van der Waals surface area contributed by atoms with Crippen molar-refractivity contribution in [3.8, 4) is 17.0 Å². The normalized spacial score (nSPS) is 12.6. The third-order valence-electron chi connectivity index (χ3n) is 3.87. The summed E-state index contributed by atoms with van der Waals surface area (Å²) in [6, 6.07) is 9.95. The van der Waals surface area contributed by atoms with E-state index in [1.165, 1.54) is 0 Å². The highest BCUT2D eigenvalue weighted by Gasteiger charge is 2.18. The molecule has 0 aliphatic carbocycles. The Labute approximate surface area is 130 Å². The van der Waals surface area contributed by atoms with Gasteiger partial charge in [0, 0.05) is 11.8 Å². The smallest absolute Gasteiger partial charge is 0.137 e. The molecule has 0 amide bonds. The maximum atomic E-state index is 10.2. The Kier molecular flexibility index (Phi) is 3.62. The van der Waals surface area contributed by atoms with E-state index >= 15 is 0 Å². The minimum Gasteiger partial charge on any atom is -0.496 e. The maximum absolute atomic E-state index is 10.2. The molecule has 0 aliphatic rings. The highest BCUT2D eigenvalue weighted by molar-refractivity contribution is 5.68. The molecule has 4 heteroatoms. The van der Waals surface area contributed by atoms with Gasteiger partial charge in [0.25, 0.3) is 0 Å². The Morgan fingerprint density at radius 3 is 2.59 bits per heavy atom. The third kappa shape index (κ3) is 2.35. The molecule has 3 rings (SSSR count). The predicted molar refractivity (Wildman–Crippen MR) is 87.3 cm³/mol. The Morgan fingerprint density at radius 2 is 1.95 bits per heavy atom. The van der Waals surface area contributed by atoms with Crippen LogP contribution in [0.3, 0.4) is 0 Å². The summed E-state index contributed by atoms with van der Waals surface area (Å²) in [5.74, 6) is 0.849. The number of ether oxygens (including phenoxy) is 1. The number of aliphatic hydroxyl groups is 1. The molecule has 3 aromatic rings. The number of imidazole rings is 1. The number of aliphatic hydroxyl groups excluding tert-OH is 1. The minimum atomic E-state index is -0.603. The summed E-state index contributed by atoms with van der Waals surface area (Å²) in [7, 11) is 1.66. The lowest BCUT2D eigenvalue weighted by atomic mass is 10.0. The van der Waals surface area contributed by atoms with E-state index in [-0.39, 0.29) is 0 Å². The van der Waals surface area contributed by atoms with Crippen LogP contribution in [0.25, 0.3) is 16.9 Å². The number of aromatic nitrogens is 2. The van der Waals surface area contributed by atoms with Crippen molar-refractivity contribution in [2.75, 3.05) is 7.11 Å². The average molecular weight is 296 g/mol. The fourth-order valence-electron chi connectivity index (χ4n) is 2.81. The highest BCUT2D eigenvalue weighted by atomic mass is 16.5. The van der Waals surface area contributed by atoms with Crippen molar-refractivity contribution in [1.82, 2.24) is 9.38 Å². The van der Waals surface area contributed by atoms with E-state index in [0.717, 1.165) is 39.5 Å². The van der Waals surface area contributed by atoms with E-state index in [0.29, 0.717) is 0 Å². The van der Waals surface area contributed by atoms with Crippen LogP contribution in [0.5, 0.6) is 5.75 Å². The zero-order valence-corrected chi connectivity index (χ0v) is 13.3. The number of hydrogen-bond acceptors (Lipinski definition) is 3. The topological polar surface area (TPSA) is 46.8 Å². The molecular weight excluding hydrogens is 276 g/mol. The quantitative estimate of drug-likeness (QED) is 0.802. The van der Waals surface area contributed by atoms with Gasteiger partial charge in [-0.15, -0.1) is 0 Å². The van der Waals surface area contributed by atoms with Crippen LogP contribution in [0.4, 0.5) is 0 Å². The first kappa shape index (κ1) is 14.6. The van der Waals surface area contributed by atoms with E-state index < -0.39 is 6.10 Å². The van der Waals surface area contributed by atoms with Gasteiger partial charge in [-0.1, -0.05) is 6.07 Å². The first-order chi connectivity index (χ1) is 10.5. The lowest BCUT2D eigenvalue weighted by Crippen LogP contribution is -2.00. The molecule has 0 saturated carbocycles. The van der Waals surface area contributed by atoms with E-state index in [2.05, 4.69) is 0 Å². The Hall–Kier alpha value is -2.33. The van der Waals surface area contributed by atoms with Crippen molar-refractivity contribution in [3.05, 3.63) is 53.3 Å². The van der Waals surface area contributed by atoms with Crippen LogP contribution in [-0.2, 0) is 0 Å². The standard InChI is InChI=1S/C18H20N2O2/c1-11-5-8-16-19-17(18(13(3)21)20(16)10-11)14-6-7-15(22-4)12(2)9-14/h5-10,13,21H,1-4H3. The third-order valence-corrected chi connectivity index (χ3v) is 3.87. The lowest BCUT2D eigenvalue weighted by Gasteiger charge is -2.10. The van der Waals surface area contributed by atoms with E-state index in [1.807, 2.05) is 54.8 Å².